The van der Waals surface area contributed by atoms with Crippen LogP contribution < -0.4 is 0 Å². The molecule has 0 saturated carbocycles. The summed E-state index contributed by atoms with van der Waals surface area (Å²) in [6.45, 7) is 4.04. The maximum Gasteiger partial charge on any atom is 0.163 e. The zero-order valence-electron chi connectivity index (χ0n) is 17.0. The van der Waals surface area contributed by atoms with E-state index in [4.69, 9.17) is 10.1 Å². The molecule has 2 aromatic heterocycles. The minimum absolute atomic E-state index is 0.670. The molecule has 0 unspecified atom stereocenters. The Kier molecular flexibility index (Phi) is 4.40. The normalized spacial score (nSPS) is 11.7. The van der Waals surface area contributed by atoms with Gasteiger partial charge in [-0.2, -0.15) is 5.10 Å². The van der Waals surface area contributed by atoms with E-state index in [9.17, 15) is 0 Å². The van der Waals surface area contributed by atoms with Crippen molar-refractivity contribution in [3.8, 4) is 0 Å². The molecular formula is C26H22N4. The smallest absolute Gasteiger partial charge is 0.163 e. The molecule has 5 aromatic rings. The molecular weight excluding hydrogens is 368 g/mol. The molecule has 30 heavy (non-hydrogen) atoms. The lowest BCUT2D eigenvalue weighted by molar-refractivity contribution is 0.469. The van der Waals surface area contributed by atoms with E-state index < -0.39 is 5.54 Å². The Morgan fingerprint density at radius 3 is 1.53 bits per heavy atom. The quantitative estimate of drug-likeness (QED) is 0.392. The van der Waals surface area contributed by atoms with Crippen LogP contribution in [0.3, 0.4) is 0 Å². The molecule has 0 aliphatic heterocycles. The molecule has 0 aliphatic carbocycles. The van der Waals surface area contributed by atoms with Gasteiger partial charge in [0.1, 0.15) is 11.9 Å². The number of rotatable bonds is 4. The van der Waals surface area contributed by atoms with Crippen molar-refractivity contribution in [2.24, 2.45) is 0 Å². The van der Waals surface area contributed by atoms with Crippen molar-refractivity contribution in [2.45, 2.75) is 19.4 Å². The summed E-state index contributed by atoms with van der Waals surface area (Å²) in [5.74, 6) is 0. The van der Waals surface area contributed by atoms with E-state index in [1.165, 1.54) is 0 Å². The van der Waals surface area contributed by atoms with Gasteiger partial charge < -0.3 is 0 Å². The van der Waals surface area contributed by atoms with Crippen molar-refractivity contribution < 1.29 is 0 Å². The summed E-state index contributed by atoms with van der Waals surface area (Å²) in [5, 5.41) is 6.07. The molecule has 3 aromatic carbocycles. The lowest BCUT2D eigenvalue weighted by atomic mass is 9.77. The summed E-state index contributed by atoms with van der Waals surface area (Å²) in [6, 6.07) is 31.6. The van der Waals surface area contributed by atoms with Gasteiger partial charge in [-0.25, -0.2) is 14.6 Å². The predicted molar refractivity (Wildman–Crippen MR) is 119 cm³/mol. The second-order valence-corrected chi connectivity index (χ2v) is 7.46. The SMILES string of the molecule is Cc1ncnc2c1c(C)nn2C(c1ccccc1)(c1ccccc1)c1ccccc1. The standard InChI is InChI=1S/C26H22N4/c1-19-24-20(2)29-30(25(24)28-18-27-19)26(21-12-6-3-7-13-21,22-14-8-4-9-15-22)23-16-10-5-11-17-23/h3-18H,1-2H3. The number of aryl methyl sites for hydroxylation is 2. The van der Waals surface area contributed by atoms with Gasteiger partial charge >= 0.3 is 0 Å². The highest BCUT2D eigenvalue weighted by Crippen LogP contribution is 2.42. The lowest BCUT2D eigenvalue weighted by Crippen LogP contribution is -2.38. The van der Waals surface area contributed by atoms with Gasteiger partial charge in [0.05, 0.1) is 16.8 Å². The first-order chi connectivity index (χ1) is 14.7. The van der Waals surface area contributed by atoms with Crippen LogP contribution in [0.4, 0.5) is 0 Å². The Morgan fingerprint density at radius 1 is 0.600 bits per heavy atom. The number of hydrogen-bond donors (Lipinski definition) is 0. The number of hydrogen-bond acceptors (Lipinski definition) is 3. The molecule has 0 atom stereocenters. The second-order valence-electron chi connectivity index (χ2n) is 7.46. The van der Waals surface area contributed by atoms with Crippen LogP contribution in [0, 0.1) is 13.8 Å². The van der Waals surface area contributed by atoms with E-state index in [1.807, 2.05) is 32.0 Å². The molecule has 146 valence electrons. The van der Waals surface area contributed by atoms with Gasteiger partial charge in [0.15, 0.2) is 5.65 Å². The van der Waals surface area contributed by atoms with Gasteiger partial charge in [0.25, 0.3) is 0 Å². The van der Waals surface area contributed by atoms with Gasteiger partial charge in [0, 0.05) is 0 Å². The minimum atomic E-state index is -0.670. The van der Waals surface area contributed by atoms with E-state index in [2.05, 4.69) is 82.5 Å². The van der Waals surface area contributed by atoms with E-state index in [0.717, 1.165) is 39.1 Å². The summed E-state index contributed by atoms with van der Waals surface area (Å²) in [5.41, 5.74) is 5.41. The van der Waals surface area contributed by atoms with Crippen molar-refractivity contribution in [3.63, 3.8) is 0 Å². The van der Waals surface area contributed by atoms with Gasteiger partial charge in [0.2, 0.25) is 0 Å². The monoisotopic (exact) mass is 390 g/mol. The van der Waals surface area contributed by atoms with Crippen molar-refractivity contribution in [3.05, 3.63) is 125 Å². The van der Waals surface area contributed by atoms with Gasteiger partial charge in [-0.1, -0.05) is 91.0 Å². The highest BCUT2D eigenvalue weighted by Gasteiger charge is 2.41. The minimum Gasteiger partial charge on any atom is -0.241 e. The zero-order chi connectivity index (χ0) is 20.6. The Morgan fingerprint density at radius 2 is 1.07 bits per heavy atom. The highest BCUT2D eigenvalue weighted by molar-refractivity contribution is 5.81. The van der Waals surface area contributed by atoms with Gasteiger partial charge in [-0.05, 0) is 30.5 Å². The average molecular weight is 390 g/mol. The number of fused-ring (bicyclic) bond motifs is 1. The van der Waals surface area contributed by atoms with E-state index in [1.54, 1.807) is 6.33 Å². The summed E-state index contributed by atoms with van der Waals surface area (Å²) in [4.78, 5) is 9.11. The first-order valence-electron chi connectivity index (χ1n) is 10.1. The van der Waals surface area contributed by atoms with Crippen molar-refractivity contribution in [1.82, 2.24) is 19.7 Å². The molecule has 5 rings (SSSR count). The fourth-order valence-corrected chi connectivity index (χ4v) is 4.43. The largest absolute Gasteiger partial charge is 0.241 e. The first-order valence-corrected chi connectivity index (χ1v) is 10.1. The predicted octanol–water partition coefficient (Wildman–Crippen LogP) is 5.28. The molecule has 0 fully saturated rings. The van der Waals surface area contributed by atoms with Crippen LogP contribution in [0.25, 0.3) is 11.0 Å². The highest BCUT2D eigenvalue weighted by atomic mass is 15.4. The summed E-state index contributed by atoms with van der Waals surface area (Å²) >= 11 is 0. The van der Waals surface area contributed by atoms with Crippen LogP contribution >= 0.6 is 0 Å². The molecule has 0 aliphatic rings. The van der Waals surface area contributed by atoms with E-state index >= 15 is 0 Å². The van der Waals surface area contributed by atoms with Crippen LogP contribution in [0.1, 0.15) is 28.1 Å². The maximum atomic E-state index is 5.07. The van der Waals surface area contributed by atoms with E-state index in [0.29, 0.717) is 0 Å². The van der Waals surface area contributed by atoms with E-state index in [-0.39, 0.29) is 0 Å². The third kappa shape index (κ3) is 2.65. The molecule has 0 radical (unpaired) electrons. The Bertz CT molecular complexity index is 1200. The fraction of sp³-hybridized carbons (Fsp3) is 0.115. The van der Waals surface area contributed by atoms with Gasteiger partial charge in [-0.15, -0.1) is 0 Å². The summed E-state index contributed by atoms with van der Waals surface area (Å²) in [6.07, 6.45) is 1.63. The maximum absolute atomic E-state index is 5.07. The number of aromatic nitrogens is 4. The molecule has 4 nitrogen and oxygen atoms in total. The third-order valence-corrected chi connectivity index (χ3v) is 5.72. The fourth-order valence-electron chi connectivity index (χ4n) is 4.43. The second kappa shape index (κ2) is 7.23. The summed E-state index contributed by atoms with van der Waals surface area (Å²) in [7, 11) is 0. The van der Waals surface area contributed by atoms with Crippen molar-refractivity contribution >= 4 is 11.0 Å². The summed E-state index contributed by atoms with van der Waals surface area (Å²) < 4.78 is 2.08. The molecule has 0 N–H and O–H groups in total. The number of nitrogens with zero attached hydrogens (tertiary/aromatic N) is 4. The van der Waals surface area contributed by atoms with Crippen LogP contribution in [0.5, 0.6) is 0 Å². The Hall–Kier alpha value is -3.79. The molecule has 0 saturated heterocycles. The Balaban J connectivity index is 2.00. The van der Waals surface area contributed by atoms with Crippen LogP contribution in [0.2, 0.25) is 0 Å². The lowest BCUT2D eigenvalue weighted by Gasteiger charge is -2.36. The van der Waals surface area contributed by atoms with Crippen LogP contribution in [0.15, 0.2) is 97.3 Å². The number of benzene rings is 3. The molecule has 0 amide bonds. The average Bonchev–Trinajstić information content (AvgIpc) is 3.15. The first kappa shape index (κ1) is 18.3. The van der Waals surface area contributed by atoms with Crippen molar-refractivity contribution in [1.29, 1.82) is 0 Å². The van der Waals surface area contributed by atoms with Crippen LogP contribution in [-0.2, 0) is 5.54 Å². The Labute approximate surface area is 175 Å². The topological polar surface area (TPSA) is 43.6 Å². The third-order valence-electron chi connectivity index (χ3n) is 5.72. The molecule has 4 heteroatoms. The van der Waals surface area contributed by atoms with Crippen LogP contribution in [-0.4, -0.2) is 19.7 Å². The molecule has 0 spiro atoms. The van der Waals surface area contributed by atoms with Crippen molar-refractivity contribution in [2.75, 3.05) is 0 Å². The molecule has 2 heterocycles. The van der Waals surface area contributed by atoms with Gasteiger partial charge in [-0.3, -0.25) is 0 Å². The zero-order valence-corrected chi connectivity index (χ0v) is 17.0. The molecule has 0 bridgehead atoms.